The molecule has 0 aliphatic carbocycles. The summed E-state index contributed by atoms with van der Waals surface area (Å²) in [6.07, 6.45) is 1.09. The van der Waals surface area contributed by atoms with Crippen LogP contribution in [0.5, 0.6) is 5.75 Å². The maximum Gasteiger partial charge on any atom is 0.264 e. The standard InChI is InChI=1S/C23H27N3O3/c1-2-17-7-3-5-9-19(17)24-22(27)16-25-11-13-26(14-12-25)23(28)21-15-18-8-4-6-10-20(18)29-21/h3-10,21H,2,11-16H2,1H3,(H,24,27)/t21-/m1/s1. The van der Waals surface area contributed by atoms with Crippen LogP contribution in [0.2, 0.25) is 0 Å². The molecule has 6 nitrogen and oxygen atoms in total. The fraction of sp³-hybridized carbons (Fsp3) is 0.391. The van der Waals surface area contributed by atoms with E-state index in [2.05, 4.69) is 17.1 Å². The molecular weight excluding hydrogens is 366 g/mol. The Bertz CT molecular complexity index is 865. The van der Waals surface area contributed by atoms with E-state index in [0.29, 0.717) is 39.1 Å². The molecule has 6 heteroatoms. The molecule has 0 radical (unpaired) electrons. The lowest BCUT2D eigenvalue weighted by atomic mass is 10.1. The molecule has 0 aromatic heterocycles. The lowest BCUT2D eigenvalue weighted by Crippen LogP contribution is -2.53. The minimum Gasteiger partial charge on any atom is -0.480 e. The highest BCUT2D eigenvalue weighted by molar-refractivity contribution is 5.93. The van der Waals surface area contributed by atoms with Crippen molar-refractivity contribution in [3.8, 4) is 5.75 Å². The summed E-state index contributed by atoms with van der Waals surface area (Å²) in [5.74, 6) is 0.843. The van der Waals surface area contributed by atoms with Crippen molar-refractivity contribution in [2.75, 3.05) is 38.0 Å². The number of rotatable bonds is 5. The van der Waals surface area contributed by atoms with E-state index in [0.717, 1.165) is 29.0 Å². The van der Waals surface area contributed by atoms with Gasteiger partial charge in [-0.15, -0.1) is 0 Å². The second kappa shape index (κ2) is 8.66. The van der Waals surface area contributed by atoms with E-state index in [1.165, 1.54) is 0 Å². The molecule has 1 atom stereocenters. The van der Waals surface area contributed by atoms with Crippen molar-refractivity contribution < 1.29 is 14.3 Å². The Morgan fingerprint density at radius 3 is 2.52 bits per heavy atom. The molecule has 2 aromatic carbocycles. The minimum absolute atomic E-state index is 0.0137. The van der Waals surface area contributed by atoms with Crippen LogP contribution in [0.3, 0.4) is 0 Å². The summed E-state index contributed by atoms with van der Waals surface area (Å²) >= 11 is 0. The summed E-state index contributed by atoms with van der Waals surface area (Å²) in [7, 11) is 0. The number of nitrogens with zero attached hydrogens (tertiary/aromatic N) is 2. The summed E-state index contributed by atoms with van der Waals surface area (Å²) < 4.78 is 5.83. The first kappa shape index (κ1) is 19.5. The van der Waals surface area contributed by atoms with Gasteiger partial charge in [0.05, 0.1) is 6.54 Å². The van der Waals surface area contributed by atoms with Crippen LogP contribution in [-0.2, 0) is 22.4 Å². The second-order valence-electron chi connectivity index (χ2n) is 7.58. The maximum atomic E-state index is 12.8. The molecule has 4 rings (SSSR count). The zero-order valence-corrected chi connectivity index (χ0v) is 16.8. The quantitative estimate of drug-likeness (QED) is 0.847. The fourth-order valence-corrected chi connectivity index (χ4v) is 3.99. The average molecular weight is 393 g/mol. The molecular formula is C23H27N3O3. The number of piperazine rings is 1. The van der Waals surface area contributed by atoms with Crippen LogP contribution in [0.25, 0.3) is 0 Å². The van der Waals surface area contributed by atoms with E-state index < -0.39 is 6.10 Å². The maximum absolute atomic E-state index is 12.8. The third-order valence-electron chi connectivity index (χ3n) is 5.65. The van der Waals surface area contributed by atoms with Crippen molar-refractivity contribution in [1.29, 1.82) is 0 Å². The Morgan fingerprint density at radius 1 is 1.03 bits per heavy atom. The zero-order valence-electron chi connectivity index (χ0n) is 16.8. The molecule has 1 N–H and O–H groups in total. The van der Waals surface area contributed by atoms with Gasteiger partial charge in [0.1, 0.15) is 5.75 Å². The number of hydrogen-bond acceptors (Lipinski definition) is 4. The Morgan fingerprint density at radius 2 is 1.76 bits per heavy atom. The fourth-order valence-electron chi connectivity index (χ4n) is 3.99. The van der Waals surface area contributed by atoms with Crippen LogP contribution in [0, 0.1) is 0 Å². The molecule has 2 aliphatic heterocycles. The number of ether oxygens (including phenoxy) is 1. The minimum atomic E-state index is -0.423. The largest absolute Gasteiger partial charge is 0.480 e. The Balaban J connectivity index is 1.25. The van der Waals surface area contributed by atoms with Gasteiger partial charge in [0.15, 0.2) is 6.10 Å². The van der Waals surface area contributed by atoms with Gasteiger partial charge in [0.25, 0.3) is 5.91 Å². The SMILES string of the molecule is CCc1ccccc1NC(=O)CN1CCN(C(=O)[C@H]2Cc3ccccc3O2)CC1. The molecule has 1 fully saturated rings. The Kier molecular flexibility index (Phi) is 5.81. The van der Waals surface area contributed by atoms with Gasteiger partial charge >= 0.3 is 0 Å². The van der Waals surface area contributed by atoms with E-state index in [9.17, 15) is 9.59 Å². The number of nitrogens with one attached hydrogen (secondary N) is 1. The number of carbonyl (C=O) groups excluding carboxylic acids is 2. The van der Waals surface area contributed by atoms with E-state index >= 15 is 0 Å². The predicted molar refractivity (Wildman–Crippen MR) is 112 cm³/mol. The number of aryl methyl sites for hydroxylation is 1. The van der Waals surface area contributed by atoms with Crippen LogP contribution >= 0.6 is 0 Å². The van der Waals surface area contributed by atoms with Gasteiger partial charge < -0.3 is 15.0 Å². The molecule has 152 valence electrons. The molecule has 1 saturated heterocycles. The van der Waals surface area contributed by atoms with Gasteiger partial charge in [-0.3, -0.25) is 14.5 Å². The first-order chi connectivity index (χ1) is 14.1. The summed E-state index contributed by atoms with van der Waals surface area (Å²) in [6, 6.07) is 15.7. The summed E-state index contributed by atoms with van der Waals surface area (Å²) in [6.45, 7) is 5.03. The summed E-state index contributed by atoms with van der Waals surface area (Å²) in [4.78, 5) is 29.2. The molecule has 2 aromatic rings. The molecule has 29 heavy (non-hydrogen) atoms. The summed E-state index contributed by atoms with van der Waals surface area (Å²) in [5.41, 5.74) is 3.11. The highest BCUT2D eigenvalue weighted by Crippen LogP contribution is 2.29. The van der Waals surface area contributed by atoms with Gasteiger partial charge in [0.2, 0.25) is 5.91 Å². The van der Waals surface area contributed by atoms with E-state index in [-0.39, 0.29) is 11.8 Å². The first-order valence-electron chi connectivity index (χ1n) is 10.3. The van der Waals surface area contributed by atoms with Crippen molar-refractivity contribution >= 4 is 17.5 Å². The number of anilines is 1. The molecule has 2 amide bonds. The summed E-state index contributed by atoms with van der Waals surface area (Å²) in [5, 5.41) is 3.02. The van der Waals surface area contributed by atoms with E-state index in [1.54, 1.807) is 0 Å². The van der Waals surface area contributed by atoms with Gasteiger partial charge in [-0.25, -0.2) is 0 Å². The van der Waals surface area contributed by atoms with Crippen molar-refractivity contribution in [2.24, 2.45) is 0 Å². The highest BCUT2D eigenvalue weighted by atomic mass is 16.5. The topological polar surface area (TPSA) is 61.9 Å². The highest BCUT2D eigenvalue weighted by Gasteiger charge is 2.33. The van der Waals surface area contributed by atoms with Crippen LogP contribution in [0.15, 0.2) is 48.5 Å². The van der Waals surface area contributed by atoms with Crippen LogP contribution in [-0.4, -0.2) is 60.4 Å². The predicted octanol–water partition coefficient (Wildman–Crippen LogP) is 2.34. The van der Waals surface area contributed by atoms with Crippen molar-refractivity contribution in [3.63, 3.8) is 0 Å². The molecule has 0 bridgehead atoms. The number of amides is 2. The lowest BCUT2D eigenvalue weighted by Gasteiger charge is -2.35. The second-order valence-corrected chi connectivity index (χ2v) is 7.58. The molecule has 2 heterocycles. The first-order valence-corrected chi connectivity index (χ1v) is 10.3. The number of benzene rings is 2. The Labute approximate surface area is 171 Å². The Hall–Kier alpha value is -2.86. The molecule has 0 saturated carbocycles. The van der Waals surface area contributed by atoms with Crippen molar-refractivity contribution in [2.45, 2.75) is 25.9 Å². The number of carbonyl (C=O) groups is 2. The van der Waals surface area contributed by atoms with Crippen molar-refractivity contribution in [3.05, 3.63) is 59.7 Å². The monoisotopic (exact) mass is 393 g/mol. The third-order valence-corrected chi connectivity index (χ3v) is 5.65. The van der Waals surface area contributed by atoms with Crippen molar-refractivity contribution in [1.82, 2.24) is 9.80 Å². The van der Waals surface area contributed by atoms with Gasteiger partial charge in [0, 0.05) is 38.3 Å². The van der Waals surface area contributed by atoms with Gasteiger partial charge in [-0.1, -0.05) is 43.3 Å². The van der Waals surface area contributed by atoms with Crippen LogP contribution in [0.4, 0.5) is 5.69 Å². The van der Waals surface area contributed by atoms with Crippen LogP contribution in [0.1, 0.15) is 18.1 Å². The average Bonchev–Trinajstić information content (AvgIpc) is 3.18. The molecule has 2 aliphatic rings. The van der Waals surface area contributed by atoms with Gasteiger partial charge in [-0.2, -0.15) is 0 Å². The third kappa shape index (κ3) is 4.43. The van der Waals surface area contributed by atoms with Crippen LogP contribution < -0.4 is 10.1 Å². The lowest BCUT2D eigenvalue weighted by molar-refractivity contribution is -0.139. The molecule has 0 spiro atoms. The van der Waals surface area contributed by atoms with E-state index in [4.69, 9.17) is 4.74 Å². The van der Waals surface area contributed by atoms with Gasteiger partial charge in [-0.05, 0) is 29.7 Å². The normalized spacial score (nSPS) is 18.8. The van der Waals surface area contributed by atoms with E-state index in [1.807, 2.05) is 53.4 Å². The smallest absolute Gasteiger partial charge is 0.264 e. The number of fused-ring (bicyclic) bond motifs is 1. The number of para-hydroxylation sites is 2. The zero-order chi connectivity index (χ0) is 20.2. The number of hydrogen-bond donors (Lipinski definition) is 1. The molecule has 0 unspecified atom stereocenters.